The molecule has 1 aromatic carbocycles. The molecule has 1 fully saturated rings. The van der Waals surface area contributed by atoms with Crippen LogP contribution in [0.2, 0.25) is 0 Å². The van der Waals surface area contributed by atoms with Crippen LogP contribution in [-0.4, -0.2) is 51.3 Å². The van der Waals surface area contributed by atoms with Gasteiger partial charge in [-0.2, -0.15) is 10.1 Å². The maximum Gasteiger partial charge on any atom is 0.271 e. The highest BCUT2D eigenvalue weighted by molar-refractivity contribution is 5.92. The van der Waals surface area contributed by atoms with Gasteiger partial charge in [0.25, 0.3) is 11.8 Å². The highest BCUT2D eigenvalue weighted by Crippen LogP contribution is 2.35. The van der Waals surface area contributed by atoms with Gasteiger partial charge in [-0.05, 0) is 11.6 Å². The second-order valence-corrected chi connectivity index (χ2v) is 6.64. The van der Waals surface area contributed by atoms with E-state index in [0.717, 1.165) is 5.56 Å². The van der Waals surface area contributed by atoms with E-state index in [0.29, 0.717) is 49.8 Å². The van der Waals surface area contributed by atoms with E-state index in [-0.39, 0.29) is 5.91 Å². The Morgan fingerprint density at radius 3 is 2.70 bits per heavy atom. The van der Waals surface area contributed by atoms with Crippen LogP contribution in [0.1, 0.15) is 40.6 Å². The number of aromatic nitrogens is 4. The number of methoxy groups -OCH3 is 1. The molecule has 0 bridgehead atoms. The van der Waals surface area contributed by atoms with Crippen molar-refractivity contribution in [3.63, 3.8) is 0 Å². The molecule has 0 radical (unpaired) electrons. The van der Waals surface area contributed by atoms with E-state index in [1.807, 2.05) is 30.3 Å². The molecule has 3 aromatic rings. The van der Waals surface area contributed by atoms with Crippen molar-refractivity contribution in [3.8, 4) is 0 Å². The van der Waals surface area contributed by atoms with E-state index in [4.69, 9.17) is 9.26 Å². The van der Waals surface area contributed by atoms with E-state index in [1.165, 1.54) is 0 Å². The fraction of sp³-hybridized carbons (Fsp3) is 0.368. The van der Waals surface area contributed by atoms with Gasteiger partial charge >= 0.3 is 0 Å². The van der Waals surface area contributed by atoms with E-state index in [2.05, 4.69) is 20.3 Å². The zero-order chi connectivity index (χ0) is 18.7. The molecule has 0 saturated carbocycles. The SMILES string of the molecule is COC1(c2nc(Cc3ccccc3)no2)CCN(C(=O)c2ccn[nH]2)CC1. The van der Waals surface area contributed by atoms with Crippen LogP contribution in [0.3, 0.4) is 0 Å². The number of rotatable bonds is 5. The number of aromatic amines is 1. The highest BCUT2D eigenvalue weighted by atomic mass is 16.5. The molecule has 0 unspecified atom stereocenters. The Kier molecular flexibility index (Phi) is 4.72. The first kappa shape index (κ1) is 17.4. The Morgan fingerprint density at radius 2 is 2.04 bits per heavy atom. The van der Waals surface area contributed by atoms with Crippen molar-refractivity contribution < 1.29 is 14.1 Å². The fourth-order valence-corrected chi connectivity index (χ4v) is 3.41. The number of amides is 1. The normalized spacial score (nSPS) is 16.4. The molecule has 1 aliphatic heterocycles. The van der Waals surface area contributed by atoms with Gasteiger partial charge in [-0.1, -0.05) is 35.5 Å². The van der Waals surface area contributed by atoms with E-state index >= 15 is 0 Å². The molecule has 27 heavy (non-hydrogen) atoms. The van der Waals surface area contributed by atoms with Crippen molar-refractivity contribution in [3.05, 3.63) is 65.6 Å². The number of piperidine rings is 1. The number of nitrogens with one attached hydrogen (secondary N) is 1. The van der Waals surface area contributed by atoms with E-state index in [1.54, 1.807) is 24.3 Å². The van der Waals surface area contributed by atoms with Crippen LogP contribution in [-0.2, 0) is 16.8 Å². The molecule has 0 atom stereocenters. The number of nitrogens with zero attached hydrogens (tertiary/aromatic N) is 4. The number of likely N-dealkylation sites (tertiary alicyclic amines) is 1. The molecule has 0 spiro atoms. The number of ether oxygens (including phenoxy) is 1. The molecular formula is C19H21N5O3. The number of benzene rings is 1. The minimum Gasteiger partial charge on any atom is -0.368 e. The second kappa shape index (κ2) is 7.32. The van der Waals surface area contributed by atoms with Crippen molar-refractivity contribution in [2.75, 3.05) is 20.2 Å². The lowest BCUT2D eigenvalue weighted by Gasteiger charge is -2.38. The van der Waals surface area contributed by atoms with Gasteiger partial charge in [-0.3, -0.25) is 9.89 Å². The maximum atomic E-state index is 12.5. The van der Waals surface area contributed by atoms with Crippen LogP contribution in [0.5, 0.6) is 0 Å². The predicted octanol–water partition coefficient (Wildman–Crippen LogP) is 2.16. The molecule has 1 aliphatic rings. The summed E-state index contributed by atoms with van der Waals surface area (Å²) in [6.45, 7) is 1.09. The molecule has 4 rings (SSSR count). The molecule has 0 aliphatic carbocycles. The van der Waals surface area contributed by atoms with Gasteiger partial charge in [0, 0.05) is 45.7 Å². The fourth-order valence-electron chi connectivity index (χ4n) is 3.41. The lowest BCUT2D eigenvalue weighted by molar-refractivity contribution is -0.0779. The highest BCUT2D eigenvalue weighted by Gasteiger charge is 2.42. The van der Waals surface area contributed by atoms with Crippen LogP contribution in [0.15, 0.2) is 47.1 Å². The molecule has 1 amide bonds. The van der Waals surface area contributed by atoms with Gasteiger partial charge in [-0.25, -0.2) is 0 Å². The van der Waals surface area contributed by atoms with Crippen molar-refractivity contribution in [2.24, 2.45) is 0 Å². The van der Waals surface area contributed by atoms with Gasteiger partial charge in [-0.15, -0.1) is 0 Å². The summed E-state index contributed by atoms with van der Waals surface area (Å²) < 4.78 is 11.3. The Labute approximate surface area is 156 Å². The second-order valence-electron chi connectivity index (χ2n) is 6.64. The average molecular weight is 367 g/mol. The first-order valence-corrected chi connectivity index (χ1v) is 8.91. The number of carbonyl (C=O) groups is 1. The summed E-state index contributed by atoms with van der Waals surface area (Å²) in [7, 11) is 1.65. The van der Waals surface area contributed by atoms with Crippen LogP contribution in [0.4, 0.5) is 0 Å². The average Bonchev–Trinajstić information content (AvgIpc) is 3.41. The van der Waals surface area contributed by atoms with Crippen LogP contribution >= 0.6 is 0 Å². The summed E-state index contributed by atoms with van der Waals surface area (Å²) >= 11 is 0. The first-order valence-electron chi connectivity index (χ1n) is 8.91. The minimum absolute atomic E-state index is 0.0625. The Balaban J connectivity index is 1.45. The molecule has 8 heteroatoms. The molecule has 140 valence electrons. The number of hydrogen-bond acceptors (Lipinski definition) is 6. The topological polar surface area (TPSA) is 97.1 Å². The quantitative estimate of drug-likeness (QED) is 0.742. The zero-order valence-electron chi connectivity index (χ0n) is 15.1. The minimum atomic E-state index is -0.660. The predicted molar refractivity (Wildman–Crippen MR) is 96.0 cm³/mol. The van der Waals surface area contributed by atoms with Gasteiger partial charge in [0.1, 0.15) is 11.3 Å². The number of H-pyrrole nitrogens is 1. The van der Waals surface area contributed by atoms with Crippen molar-refractivity contribution in [2.45, 2.75) is 24.9 Å². The molecule has 8 nitrogen and oxygen atoms in total. The summed E-state index contributed by atoms with van der Waals surface area (Å²) in [5, 5.41) is 10.7. The molecule has 1 N–H and O–H groups in total. The van der Waals surface area contributed by atoms with Crippen LogP contribution < -0.4 is 0 Å². The Bertz CT molecular complexity index is 883. The molecule has 3 heterocycles. The lowest BCUT2D eigenvalue weighted by atomic mass is 9.90. The smallest absolute Gasteiger partial charge is 0.271 e. The van der Waals surface area contributed by atoms with E-state index < -0.39 is 5.60 Å². The van der Waals surface area contributed by atoms with Crippen LogP contribution in [0.25, 0.3) is 0 Å². The Hall–Kier alpha value is -3.00. The number of carbonyl (C=O) groups excluding carboxylic acids is 1. The van der Waals surface area contributed by atoms with Gasteiger partial charge in [0.15, 0.2) is 5.82 Å². The van der Waals surface area contributed by atoms with Gasteiger partial charge < -0.3 is 14.2 Å². The summed E-state index contributed by atoms with van der Waals surface area (Å²) in [4.78, 5) is 18.8. The Morgan fingerprint density at radius 1 is 1.26 bits per heavy atom. The maximum absolute atomic E-state index is 12.5. The third-order valence-corrected chi connectivity index (χ3v) is 5.04. The summed E-state index contributed by atoms with van der Waals surface area (Å²) in [6.07, 6.45) is 3.37. The zero-order valence-corrected chi connectivity index (χ0v) is 15.1. The first-order chi connectivity index (χ1) is 13.2. The van der Waals surface area contributed by atoms with Crippen molar-refractivity contribution in [1.82, 2.24) is 25.2 Å². The van der Waals surface area contributed by atoms with Gasteiger partial charge in [0.05, 0.1) is 0 Å². The molecule has 2 aromatic heterocycles. The third-order valence-electron chi connectivity index (χ3n) is 5.04. The van der Waals surface area contributed by atoms with Crippen molar-refractivity contribution >= 4 is 5.91 Å². The standard InChI is InChI=1S/C19H21N5O3/c1-26-19(8-11-24(12-9-19)17(25)15-7-10-20-22-15)18-21-16(23-27-18)13-14-5-3-2-4-6-14/h2-7,10H,8-9,11-13H2,1H3,(H,20,22). The summed E-state index contributed by atoms with van der Waals surface area (Å²) in [6, 6.07) is 11.7. The van der Waals surface area contributed by atoms with E-state index in [9.17, 15) is 4.79 Å². The van der Waals surface area contributed by atoms with Crippen LogP contribution in [0, 0.1) is 0 Å². The van der Waals surface area contributed by atoms with Gasteiger partial charge in [0.2, 0.25) is 0 Å². The summed E-state index contributed by atoms with van der Waals surface area (Å²) in [5.41, 5.74) is 0.950. The molecular weight excluding hydrogens is 346 g/mol. The number of hydrogen-bond donors (Lipinski definition) is 1. The van der Waals surface area contributed by atoms with Crippen molar-refractivity contribution in [1.29, 1.82) is 0 Å². The lowest BCUT2D eigenvalue weighted by Crippen LogP contribution is -2.46. The largest absolute Gasteiger partial charge is 0.368 e. The summed E-state index contributed by atoms with van der Waals surface area (Å²) in [5.74, 6) is 1.04. The molecule has 1 saturated heterocycles. The monoisotopic (exact) mass is 367 g/mol. The third kappa shape index (κ3) is 3.48.